The van der Waals surface area contributed by atoms with Gasteiger partial charge in [-0.15, -0.1) is 0 Å². The van der Waals surface area contributed by atoms with Gasteiger partial charge in [-0.25, -0.2) is 15.0 Å². The molecule has 7 aromatic carbocycles. The van der Waals surface area contributed by atoms with E-state index in [0.29, 0.717) is 17.5 Å². The molecule has 0 N–H and O–H groups in total. The first-order valence-corrected chi connectivity index (χ1v) is 15.7. The molecule has 4 heteroatoms. The molecule has 220 valence electrons. The Morgan fingerprint density at radius 2 is 0.830 bits per heavy atom. The van der Waals surface area contributed by atoms with E-state index in [1.807, 2.05) is 54.6 Å². The molecule has 0 spiro atoms. The number of furan rings is 1. The molecule has 0 atom stereocenters. The van der Waals surface area contributed by atoms with Gasteiger partial charge in [-0.3, -0.25) is 0 Å². The minimum Gasteiger partial charge on any atom is -0.456 e. The van der Waals surface area contributed by atoms with Gasteiger partial charge < -0.3 is 4.42 Å². The van der Waals surface area contributed by atoms with Crippen molar-refractivity contribution in [3.63, 3.8) is 0 Å². The van der Waals surface area contributed by atoms with Gasteiger partial charge in [0.2, 0.25) is 0 Å². The quantitative estimate of drug-likeness (QED) is 0.197. The second-order valence-corrected chi connectivity index (χ2v) is 11.7. The molecule has 4 nitrogen and oxygen atoms in total. The van der Waals surface area contributed by atoms with E-state index in [0.717, 1.165) is 55.3 Å². The molecule has 0 saturated carbocycles. The van der Waals surface area contributed by atoms with Crippen LogP contribution in [0.4, 0.5) is 0 Å². The van der Waals surface area contributed by atoms with Crippen molar-refractivity contribution >= 4 is 32.7 Å². The van der Waals surface area contributed by atoms with Gasteiger partial charge in [0.05, 0.1) is 0 Å². The van der Waals surface area contributed by atoms with Gasteiger partial charge in [0.25, 0.3) is 0 Å². The molecule has 9 rings (SSSR count). The lowest BCUT2D eigenvalue weighted by Crippen LogP contribution is -2.00. The van der Waals surface area contributed by atoms with Crippen LogP contribution in [0.2, 0.25) is 0 Å². The summed E-state index contributed by atoms with van der Waals surface area (Å²) in [5.74, 6) is 1.90. The number of nitrogens with zero attached hydrogens (tertiary/aromatic N) is 3. The summed E-state index contributed by atoms with van der Waals surface area (Å²) in [5.41, 5.74) is 9.08. The lowest BCUT2D eigenvalue weighted by Gasteiger charge is -2.10. The molecule has 0 amide bonds. The minimum absolute atomic E-state index is 0.629. The van der Waals surface area contributed by atoms with E-state index in [2.05, 4.69) is 109 Å². The largest absolute Gasteiger partial charge is 0.456 e. The maximum atomic E-state index is 6.07. The summed E-state index contributed by atoms with van der Waals surface area (Å²) in [4.78, 5) is 14.9. The highest BCUT2D eigenvalue weighted by atomic mass is 16.3. The van der Waals surface area contributed by atoms with Crippen LogP contribution in [0.15, 0.2) is 168 Å². The number of aromatic nitrogens is 3. The zero-order valence-electron chi connectivity index (χ0n) is 25.3. The van der Waals surface area contributed by atoms with Crippen molar-refractivity contribution in [1.82, 2.24) is 15.0 Å². The first-order valence-electron chi connectivity index (χ1n) is 15.7. The Labute approximate surface area is 271 Å². The Morgan fingerprint density at radius 3 is 1.66 bits per heavy atom. The average molecular weight is 602 g/mol. The van der Waals surface area contributed by atoms with E-state index >= 15 is 0 Å². The maximum absolute atomic E-state index is 6.07. The second-order valence-electron chi connectivity index (χ2n) is 11.7. The van der Waals surface area contributed by atoms with Gasteiger partial charge in [0, 0.05) is 27.5 Å². The summed E-state index contributed by atoms with van der Waals surface area (Å²) < 4.78 is 6.07. The average Bonchev–Trinajstić information content (AvgIpc) is 3.53. The number of hydrogen-bond acceptors (Lipinski definition) is 4. The number of benzene rings is 7. The zero-order valence-corrected chi connectivity index (χ0v) is 25.3. The highest BCUT2D eigenvalue weighted by Crippen LogP contribution is 2.34. The second kappa shape index (κ2) is 11.2. The molecule has 0 saturated heterocycles. The molecule has 0 radical (unpaired) electrons. The Bertz CT molecular complexity index is 2570. The van der Waals surface area contributed by atoms with Gasteiger partial charge >= 0.3 is 0 Å². The Hall–Kier alpha value is -6.39. The highest BCUT2D eigenvalue weighted by Gasteiger charge is 2.14. The van der Waals surface area contributed by atoms with Crippen LogP contribution < -0.4 is 0 Å². The number of fused-ring (bicyclic) bond motifs is 4. The minimum atomic E-state index is 0.629. The Morgan fingerprint density at radius 1 is 0.298 bits per heavy atom. The summed E-state index contributed by atoms with van der Waals surface area (Å²) >= 11 is 0. The van der Waals surface area contributed by atoms with Crippen LogP contribution >= 0.6 is 0 Å². The van der Waals surface area contributed by atoms with E-state index in [-0.39, 0.29) is 0 Å². The van der Waals surface area contributed by atoms with E-state index in [4.69, 9.17) is 19.4 Å². The number of rotatable bonds is 5. The van der Waals surface area contributed by atoms with Crippen molar-refractivity contribution in [2.24, 2.45) is 0 Å². The SMILES string of the molecule is c1ccc(-c2nc(-c3ccc(-c4ccc5ccccc5c4)cc3)nc(-c3cccc(-c4ccc5oc6ccccc6c5c4)c3)n2)cc1. The topological polar surface area (TPSA) is 51.8 Å². The maximum Gasteiger partial charge on any atom is 0.164 e. The molecular weight excluding hydrogens is 574 g/mol. The molecule has 0 fully saturated rings. The van der Waals surface area contributed by atoms with E-state index in [1.165, 1.54) is 16.3 Å². The van der Waals surface area contributed by atoms with Crippen LogP contribution in [-0.4, -0.2) is 15.0 Å². The first-order chi connectivity index (χ1) is 23.2. The lowest BCUT2D eigenvalue weighted by atomic mass is 10.00. The third-order valence-electron chi connectivity index (χ3n) is 8.72. The van der Waals surface area contributed by atoms with Crippen molar-refractivity contribution in [2.75, 3.05) is 0 Å². The summed E-state index contributed by atoms with van der Waals surface area (Å²) in [5, 5.41) is 4.67. The van der Waals surface area contributed by atoms with E-state index in [1.54, 1.807) is 0 Å². The number of hydrogen-bond donors (Lipinski definition) is 0. The molecule has 2 heterocycles. The molecule has 0 aliphatic heterocycles. The Kier molecular flexibility index (Phi) is 6.43. The predicted octanol–water partition coefficient (Wildman–Crippen LogP) is 11.3. The molecule has 0 aliphatic carbocycles. The molecule has 47 heavy (non-hydrogen) atoms. The highest BCUT2D eigenvalue weighted by molar-refractivity contribution is 6.06. The third kappa shape index (κ3) is 5.02. The smallest absolute Gasteiger partial charge is 0.164 e. The van der Waals surface area contributed by atoms with Crippen molar-refractivity contribution in [3.8, 4) is 56.4 Å². The van der Waals surface area contributed by atoms with Crippen LogP contribution in [0.25, 0.3) is 89.1 Å². The van der Waals surface area contributed by atoms with Gasteiger partial charge in [0.1, 0.15) is 11.2 Å². The predicted molar refractivity (Wildman–Crippen MR) is 192 cm³/mol. The fourth-order valence-electron chi connectivity index (χ4n) is 6.27. The van der Waals surface area contributed by atoms with Crippen LogP contribution in [0.3, 0.4) is 0 Å². The van der Waals surface area contributed by atoms with Crippen LogP contribution in [0.5, 0.6) is 0 Å². The van der Waals surface area contributed by atoms with Crippen LogP contribution in [0.1, 0.15) is 0 Å². The molecule has 0 bridgehead atoms. The normalized spacial score (nSPS) is 11.4. The molecular formula is C43H27N3O. The Balaban J connectivity index is 1.12. The third-order valence-corrected chi connectivity index (χ3v) is 8.72. The van der Waals surface area contributed by atoms with E-state index < -0.39 is 0 Å². The standard InChI is InChI=1S/C43H27N3O/c1-2-10-30(11-3-1)41-44-42(31-20-17-29(18-21-31)34-22-19-28-9-4-5-12-32(28)25-34)46-43(45-41)36-14-8-13-33(26-36)35-23-24-40-38(27-35)37-15-6-7-16-39(37)47-40/h1-27H. The van der Waals surface area contributed by atoms with Crippen molar-refractivity contribution in [1.29, 1.82) is 0 Å². The number of para-hydroxylation sites is 1. The van der Waals surface area contributed by atoms with Gasteiger partial charge in [-0.2, -0.15) is 0 Å². The molecule has 9 aromatic rings. The fraction of sp³-hybridized carbons (Fsp3) is 0. The summed E-state index contributed by atoms with van der Waals surface area (Å²) in [6, 6.07) is 56.5. The lowest BCUT2D eigenvalue weighted by molar-refractivity contribution is 0.669. The van der Waals surface area contributed by atoms with E-state index in [9.17, 15) is 0 Å². The molecule has 2 aromatic heterocycles. The monoisotopic (exact) mass is 601 g/mol. The summed E-state index contributed by atoms with van der Waals surface area (Å²) in [6.45, 7) is 0. The molecule has 0 unspecified atom stereocenters. The summed E-state index contributed by atoms with van der Waals surface area (Å²) in [7, 11) is 0. The van der Waals surface area contributed by atoms with Crippen LogP contribution in [-0.2, 0) is 0 Å². The van der Waals surface area contributed by atoms with Crippen molar-refractivity contribution in [2.45, 2.75) is 0 Å². The summed E-state index contributed by atoms with van der Waals surface area (Å²) in [6.07, 6.45) is 0. The van der Waals surface area contributed by atoms with Crippen LogP contribution in [0, 0.1) is 0 Å². The van der Waals surface area contributed by atoms with Crippen molar-refractivity contribution in [3.05, 3.63) is 164 Å². The van der Waals surface area contributed by atoms with Gasteiger partial charge in [-0.1, -0.05) is 133 Å². The van der Waals surface area contributed by atoms with Gasteiger partial charge in [-0.05, 0) is 63.4 Å². The molecule has 0 aliphatic rings. The van der Waals surface area contributed by atoms with Crippen molar-refractivity contribution < 1.29 is 4.42 Å². The zero-order chi connectivity index (χ0) is 31.2. The first kappa shape index (κ1) is 27.0. The fourth-order valence-corrected chi connectivity index (χ4v) is 6.27. The van der Waals surface area contributed by atoms with Gasteiger partial charge in [0.15, 0.2) is 17.5 Å².